The van der Waals surface area contributed by atoms with E-state index in [1.807, 2.05) is 25.1 Å². The Labute approximate surface area is 125 Å². The van der Waals surface area contributed by atoms with Gasteiger partial charge in [0.15, 0.2) is 0 Å². The average molecular weight is 289 g/mol. The van der Waals surface area contributed by atoms with E-state index in [1.54, 1.807) is 0 Å². The summed E-state index contributed by atoms with van der Waals surface area (Å²) in [5, 5.41) is 3.04. The Bertz CT molecular complexity index is 476. The third-order valence-electron chi connectivity index (χ3n) is 4.41. The maximum atomic E-state index is 12.1. The standard InChI is InChI=1S/C17H23NO3/c1-12-7-8-15(21-12)17(19)18-11-14-9-10-20-16(14)13-5-3-2-4-6-13/h2-6,12,14-16H,7-11H2,1H3,(H,18,19)/t12-,14+,15+,16+/m0/s1. The van der Waals surface area contributed by atoms with Gasteiger partial charge in [0.25, 0.3) is 0 Å². The highest BCUT2D eigenvalue weighted by Gasteiger charge is 2.32. The van der Waals surface area contributed by atoms with Gasteiger partial charge in [0, 0.05) is 19.1 Å². The van der Waals surface area contributed by atoms with Crippen LogP contribution in [0, 0.1) is 5.92 Å². The second kappa shape index (κ2) is 6.58. The Morgan fingerprint density at radius 2 is 2.05 bits per heavy atom. The van der Waals surface area contributed by atoms with E-state index in [9.17, 15) is 4.79 Å². The minimum absolute atomic E-state index is 0.0260. The van der Waals surface area contributed by atoms with Gasteiger partial charge >= 0.3 is 0 Å². The van der Waals surface area contributed by atoms with Crippen LogP contribution in [0.1, 0.15) is 37.9 Å². The molecule has 2 aliphatic heterocycles. The SMILES string of the molecule is C[C@H]1CC[C@H](C(=O)NC[C@H]2CCO[C@@H]2c2ccccc2)O1. The Balaban J connectivity index is 1.53. The molecule has 4 nitrogen and oxygen atoms in total. The highest BCUT2D eigenvalue weighted by molar-refractivity contribution is 5.81. The molecule has 1 aromatic rings. The third kappa shape index (κ3) is 3.44. The van der Waals surface area contributed by atoms with E-state index in [1.165, 1.54) is 5.56 Å². The summed E-state index contributed by atoms with van der Waals surface area (Å²) < 4.78 is 11.5. The molecule has 114 valence electrons. The van der Waals surface area contributed by atoms with E-state index < -0.39 is 0 Å². The monoisotopic (exact) mass is 289 g/mol. The fourth-order valence-electron chi connectivity index (χ4n) is 3.20. The molecule has 3 rings (SSSR count). The Morgan fingerprint density at radius 3 is 2.76 bits per heavy atom. The van der Waals surface area contributed by atoms with Gasteiger partial charge < -0.3 is 14.8 Å². The number of hydrogen-bond donors (Lipinski definition) is 1. The molecule has 4 heteroatoms. The van der Waals surface area contributed by atoms with E-state index in [0.717, 1.165) is 25.9 Å². The van der Waals surface area contributed by atoms with Crippen molar-refractivity contribution in [1.82, 2.24) is 5.32 Å². The lowest BCUT2D eigenvalue weighted by molar-refractivity contribution is -0.132. The van der Waals surface area contributed by atoms with Crippen molar-refractivity contribution in [3.63, 3.8) is 0 Å². The van der Waals surface area contributed by atoms with Crippen molar-refractivity contribution >= 4 is 5.91 Å². The van der Waals surface area contributed by atoms with Crippen LogP contribution in [-0.2, 0) is 14.3 Å². The van der Waals surface area contributed by atoms with Gasteiger partial charge in [0.2, 0.25) is 5.91 Å². The lowest BCUT2D eigenvalue weighted by Gasteiger charge is -2.20. The maximum Gasteiger partial charge on any atom is 0.249 e. The summed E-state index contributed by atoms with van der Waals surface area (Å²) in [5.41, 5.74) is 1.19. The largest absolute Gasteiger partial charge is 0.373 e. The third-order valence-corrected chi connectivity index (χ3v) is 4.41. The Hall–Kier alpha value is -1.39. The van der Waals surface area contributed by atoms with Crippen LogP contribution in [0.5, 0.6) is 0 Å². The molecule has 2 heterocycles. The molecule has 2 aliphatic rings. The molecule has 2 saturated heterocycles. The molecule has 0 saturated carbocycles. The van der Waals surface area contributed by atoms with E-state index in [4.69, 9.17) is 9.47 Å². The Morgan fingerprint density at radius 1 is 1.24 bits per heavy atom. The number of nitrogens with one attached hydrogen (secondary N) is 1. The van der Waals surface area contributed by atoms with Gasteiger partial charge in [-0.05, 0) is 31.7 Å². The normalized spacial score (nSPS) is 32.2. The van der Waals surface area contributed by atoms with E-state index in [2.05, 4.69) is 17.4 Å². The molecular weight excluding hydrogens is 266 g/mol. The van der Waals surface area contributed by atoms with Crippen LogP contribution in [0.15, 0.2) is 30.3 Å². The number of hydrogen-bond acceptors (Lipinski definition) is 3. The zero-order chi connectivity index (χ0) is 14.7. The lowest BCUT2D eigenvalue weighted by atomic mass is 9.95. The van der Waals surface area contributed by atoms with Gasteiger partial charge in [-0.15, -0.1) is 0 Å². The number of ether oxygens (including phenoxy) is 2. The Kier molecular flexibility index (Phi) is 4.56. The quantitative estimate of drug-likeness (QED) is 0.926. The molecule has 0 aliphatic carbocycles. The molecule has 2 fully saturated rings. The molecule has 0 radical (unpaired) electrons. The van der Waals surface area contributed by atoms with Crippen molar-refractivity contribution in [2.24, 2.45) is 5.92 Å². The van der Waals surface area contributed by atoms with Gasteiger partial charge in [-0.3, -0.25) is 4.79 Å². The first kappa shape index (κ1) is 14.5. The number of benzene rings is 1. The van der Waals surface area contributed by atoms with Crippen molar-refractivity contribution < 1.29 is 14.3 Å². The smallest absolute Gasteiger partial charge is 0.249 e. The number of carbonyl (C=O) groups is 1. The zero-order valence-corrected chi connectivity index (χ0v) is 12.5. The molecule has 1 amide bonds. The van der Waals surface area contributed by atoms with Crippen LogP contribution in [0.2, 0.25) is 0 Å². The fourth-order valence-corrected chi connectivity index (χ4v) is 3.20. The lowest BCUT2D eigenvalue weighted by Crippen LogP contribution is -2.38. The maximum absolute atomic E-state index is 12.1. The van der Waals surface area contributed by atoms with Crippen molar-refractivity contribution in [1.29, 1.82) is 0 Å². The summed E-state index contributed by atoms with van der Waals surface area (Å²) in [6.45, 7) is 3.44. The van der Waals surface area contributed by atoms with Gasteiger partial charge in [0.05, 0.1) is 12.2 Å². The molecular formula is C17H23NO3. The molecule has 0 aromatic heterocycles. The topological polar surface area (TPSA) is 47.6 Å². The summed E-state index contributed by atoms with van der Waals surface area (Å²) in [5.74, 6) is 0.369. The molecule has 1 N–H and O–H groups in total. The first-order chi connectivity index (χ1) is 10.2. The fraction of sp³-hybridized carbons (Fsp3) is 0.588. The van der Waals surface area contributed by atoms with Gasteiger partial charge in [0.1, 0.15) is 6.10 Å². The summed E-state index contributed by atoms with van der Waals surface area (Å²) in [4.78, 5) is 12.1. The van der Waals surface area contributed by atoms with Crippen molar-refractivity contribution in [3.05, 3.63) is 35.9 Å². The molecule has 1 aromatic carbocycles. The van der Waals surface area contributed by atoms with Crippen LogP contribution < -0.4 is 5.32 Å². The number of rotatable bonds is 4. The van der Waals surface area contributed by atoms with Gasteiger partial charge in [-0.2, -0.15) is 0 Å². The van der Waals surface area contributed by atoms with Gasteiger partial charge in [-0.25, -0.2) is 0 Å². The van der Waals surface area contributed by atoms with Crippen molar-refractivity contribution in [3.8, 4) is 0 Å². The minimum atomic E-state index is -0.266. The van der Waals surface area contributed by atoms with Crippen LogP contribution in [-0.4, -0.2) is 31.3 Å². The van der Waals surface area contributed by atoms with Crippen LogP contribution in [0.3, 0.4) is 0 Å². The van der Waals surface area contributed by atoms with Crippen LogP contribution in [0.25, 0.3) is 0 Å². The molecule has 0 bridgehead atoms. The van der Waals surface area contributed by atoms with Crippen LogP contribution >= 0.6 is 0 Å². The average Bonchev–Trinajstić information content (AvgIpc) is 3.14. The van der Waals surface area contributed by atoms with Crippen molar-refractivity contribution in [2.45, 2.75) is 44.5 Å². The highest BCUT2D eigenvalue weighted by atomic mass is 16.5. The van der Waals surface area contributed by atoms with Crippen LogP contribution in [0.4, 0.5) is 0 Å². The molecule has 4 atom stereocenters. The van der Waals surface area contributed by atoms with Crippen molar-refractivity contribution in [2.75, 3.05) is 13.2 Å². The number of carbonyl (C=O) groups excluding carboxylic acids is 1. The van der Waals surface area contributed by atoms with E-state index in [0.29, 0.717) is 12.5 Å². The summed E-state index contributed by atoms with van der Waals surface area (Å²) >= 11 is 0. The molecule has 0 spiro atoms. The first-order valence-corrected chi connectivity index (χ1v) is 7.84. The minimum Gasteiger partial charge on any atom is -0.373 e. The second-order valence-electron chi connectivity index (χ2n) is 6.01. The molecule has 21 heavy (non-hydrogen) atoms. The van der Waals surface area contributed by atoms with E-state index >= 15 is 0 Å². The second-order valence-corrected chi connectivity index (χ2v) is 6.01. The predicted octanol–water partition coefficient (Wildman–Crippen LogP) is 2.45. The predicted molar refractivity (Wildman–Crippen MR) is 79.8 cm³/mol. The zero-order valence-electron chi connectivity index (χ0n) is 12.5. The molecule has 0 unspecified atom stereocenters. The first-order valence-electron chi connectivity index (χ1n) is 7.84. The summed E-state index contributed by atoms with van der Waals surface area (Å²) in [6, 6.07) is 10.2. The van der Waals surface area contributed by atoms with Gasteiger partial charge in [-0.1, -0.05) is 30.3 Å². The van der Waals surface area contributed by atoms with E-state index in [-0.39, 0.29) is 24.2 Å². The summed E-state index contributed by atoms with van der Waals surface area (Å²) in [7, 11) is 0. The summed E-state index contributed by atoms with van der Waals surface area (Å²) in [6.07, 6.45) is 2.81. The number of amides is 1. The highest BCUT2D eigenvalue weighted by Crippen LogP contribution is 2.34.